The average molecular weight is 270 g/mol. The summed E-state index contributed by atoms with van der Waals surface area (Å²) in [6.07, 6.45) is -8.79. The molecule has 4 unspecified atom stereocenters. The quantitative estimate of drug-likeness (QED) is 0.452. The van der Waals surface area contributed by atoms with Crippen LogP contribution >= 0.6 is 0 Å². The molecule has 0 heterocycles. The summed E-state index contributed by atoms with van der Waals surface area (Å²) < 4.78 is 5.35. The Labute approximate surface area is 110 Å². The van der Waals surface area contributed by atoms with Gasteiger partial charge in [0.2, 0.25) is 0 Å². The zero-order valence-corrected chi connectivity index (χ0v) is 10.2. The predicted molar refractivity (Wildman–Crippen MR) is 65.1 cm³/mol. The van der Waals surface area contributed by atoms with Gasteiger partial charge in [-0.15, -0.1) is 0 Å². The van der Waals surface area contributed by atoms with Crippen molar-refractivity contribution in [3.8, 4) is 0 Å². The molecule has 0 aliphatic heterocycles. The molecule has 1 aromatic rings. The van der Waals surface area contributed by atoms with Gasteiger partial charge in [-0.1, -0.05) is 30.3 Å². The van der Waals surface area contributed by atoms with Crippen molar-refractivity contribution < 1.29 is 30.3 Å². The van der Waals surface area contributed by atoms with Gasteiger partial charge < -0.3 is 30.3 Å². The van der Waals surface area contributed by atoms with E-state index in [2.05, 4.69) is 0 Å². The lowest BCUT2D eigenvalue weighted by atomic mass is 9.85. The Kier molecular flexibility index (Phi) is 4.51. The molecule has 0 saturated heterocycles. The fourth-order valence-corrected chi connectivity index (χ4v) is 2.16. The monoisotopic (exact) mass is 270 g/mol. The first-order valence-electron chi connectivity index (χ1n) is 6.08. The summed E-state index contributed by atoms with van der Waals surface area (Å²) in [7, 11) is 0. The van der Waals surface area contributed by atoms with E-state index in [4.69, 9.17) is 4.74 Å². The Morgan fingerprint density at radius 3 is 1.74 bits per heavy atom. The molecule has 0 spiro atoms. The minimum absolute atomic E-state index is 0.120. The molecule has 5 N–H and O–H groups in total. The second-order valence-electron chi connectivity index (χ2n) is 4.71. The van der Waals surface area contributed by atoms with E-state index in [0.29, 0.717) is 0 Å². The minimum atomic E-state index is -1.60. The van der Waals surface area contributed by atoms with Gasteiger partial charge in [0.25, 0.3) is 0 Å². The van der Waals surface area contributed by atoms with Crippen molar-refractivity contribution in [1.82, 2.24) is 0 Å². The lowest BCUT2D eigenvalue weighted by Gasteiger charge is -2.41. The highest BCUT2D eigenvalue weighted by atomic mass is 16.5. The minimum Gasteiger partial charge on any atom is -0.387 e. The Morgan fingerprint density at radius 1 is 0.737 bits per heavy atom. The first-order valence-corrected chi connectivity index (χ1v) is 6.08. The van der Waals surface area contributed by atoms with E-state index in [9.17, 15) is 25.5 Å². The number of aliphatic hydroxyl groups is 5. The molecular formula is C13H18O6. The Hall–Kier alpha value is -1.02. The number of hydrogen-bond donors (Lipinski definition) is 5. The molecule has 1 aliphatic carbocycles. The van der Waals surface area contributed by atoms with Gasteiger partial charge in [0.05, 0.1) is 6.61 Å². The maximum Gasteiger partial charge on any atom is 0.115 e. The molecule has 19 heavy (non-hydrogen) atoms. The molecule has 0 amide bonds. The van der Waals surface area contributed by atoms with Crippen molar-refractivity contribution in [2.24, 2.45) is 0 Å². The third-order valence-electron chi connectivity index (χ3n) is 3.36. The third-order valence-corrected chi connectivity index (χ3v) is 3.36. The van der Waals surface area contributed by atoms with Gasteiger partial charge in [0.1, 0.15) is 36.6 Å². The summed E-state index contributed by atoms with van der Waals surface area (Å²) >= 11 is 0. The lowest BCUT2D eigenvalue weighted by Crippen LogP contribution is -2.64. The van der Waals surface area contributed by atoms with Crippen LogP contribution in [0.4, 0.5) is 0 Å². The molecule has 0 radical (unpaired) electrons. The molecular weight excluding hydrogens is 252 g/mol. The van der Waals surface area contributed by atoms with Gasteiger partial charge in [0.15, 0.2) is 0 Å². The zero-order valence-electron chi connectivity index (χ0n) is 10.2. The summed E-state index contributed by atoms with van der Waals surface area (Å²) in [5, 5.41) is 48.1. The smallest absolute Gasteiger partial charge is 0.115 e. The van der Waals surface area contributed by atoms with Crippen LogP contribution in [0.1, 0.15) is 5.56 Å². The predicted octanol–water partition coefficient (Wildman–Crippen LogP) is -1.61. The van der Waals surface area contributed by atoms with Crippen molar-refractivity contribution in [3.63, 3.8) is 0 Å². The van der Waals surface area contributed by atoms with Crippen molar-refractivity contribution >= 4 is 0 Å². The summed E-state index contributed by atoms with van der Waals surface area (Å²) in [5.41, 5.74) is 0.831. The van der Waals surface area contributed by atoms with Gasteiger partial charge in [-0.05, 0) is 5.56 Å². The molecule has 1 fully saturated rings. The van der Waals surface area contributed by atoms with E-state index < -0.39 is 36.6 Å². The normalized spacial score (nSPS) is 39.2. The number of hydrogen-bond acceptors (Lipinski definition) is 6. The Morgan fingerprint density at radius 2 is 1.21 bits per heavy atom. The Balaban J connectivity index is 2.02. The fourth-order valence-electron chi connectivity index (χ4n) is 2.16. The van der Waals surface area contributed by atoms with E-state index in [1.165, 1.54) is 0 Å². The topological polar surface area (TPSA) is 110 Å². The van der Waals surface area contributed by atoms with Gasteiger partial charge in [-0.25, -0.2) is 0 Å². The summed E-state index contributed by atoms with van der Waals surface area (Å²) in [6, 6.07) is 9.10. The lowest BCUT2D eigenvalue weighted by molar-refractivity contribution is -0.237. The van der Waals surface area contributed by atoms with Gasteiger partial charge in [-0.2, -0.15) is 0 Å². The molecule has 2 rings (SSSR count). The van der Waals surface area contributed by atoms with Crippen LogP contribution in [0, 0.1) is 0 Å². The SMILES string of the molecule is OC1C(O)C(O)C(OCc2ccccc2)C(O)C1O. The molecule has 106 valence electrons. The highest BCUT2D eigenvalue weighted by Crippen LogP contribution is 2.24. The van der Waals surface area contributed by atoms with Crippen LogP contribution in [0.15, 0.2) is 30.3 Å². The fraction of sp³-hybridized carbons (Fsp3) is 0.538. The Bertz CT molecular complexity index is 381. The van der Waals surface area contributed by atoms with Crippen molar-refractivity contribution in [2.45, 2.75) is 43.2 Å². The summed E-state index contributed by atoms with van der Waals surface area (Å²) in [6.45, 7) is 0.120. The van der Waals surface area contributed by atoms with Crippen molar-refractivity contribution in [1.29, 1.82) is 0 Å². The van der Waals surface area contributed by atoms with Crippen LogP contribution in [0.2, 0.25) is 0 Å². The average Bonchev–Trinajstić information content (AvgIpc) is 2.44. The van der Waals surface area contributed by atoms with Crippen LogP contribution in [-0.2, 0) is 11.3 Å². The van der Waals surface area contributed by atoms with Crippen LogP contribution in [-0.4, -0.2) is 62.2 Å². The van der Waals surface area contributed by atoms with Crippen LogP contribution in [0.25, 0.3) is 0 Å². The van der Waals surface area contributed by atoms with Crippen LogP contribution in [0.3, 0.4) is 0 Å². The van der Waals surface area contributed by atoms with Crippen molar-refractivity contribution in [2.75, 3.05) is 0 Å². The van der Waals surface area contributed by atoms with E-state index in [-0.39, 0.29) is 6.61 Å². The van der Waals surface area contributed by atoms with Crippen LogP contribution in [0.5, 0.6) is 0 Å². The third kappa shape index (κ3) is 2.94. The van der Waals surface area contributed by atoms with Gasteiger partial charge in [0, 0.05) is 0 Å². The zero-order chi connectivity index (χ0) is 14.0. The van der Waals surface area contributed by atoms with Gasteiger partial charge in [-0.3, -0.25) is 0 Å². The molecule has 1 aliphatic rings. The molecule has 1 aromatic carbocycles. The van der Waals surface area contributed by atoms with E-state index in [0.717, 1.165) is 5.56 Å². The first-order chi connectivity index (χ1) is 9.02. The molecule has 0 aromatic heterocycles. The summed E-state index contributed by atoms with van der Waals surface area (Å²) in [5.74, 6) is 0. The molecule has 6 heteroatoms. The second-order valence-corrected chi connectivity index (χ2v) is 4.71. The van der Waals surface area contributed by atoms with E-state index >= 15 is 0 Å². The molecule has 4 atom stereocenters. The van der Waals surface area contributed by atoms with E-state index in [1.54, 1.807) is 0 Å². The highest BCUT2D eigenvalue weighted by molar-refractivity contribution is 5.13. The summed E-state index contributed by atoms with van der Waals surface area (Å²) in [4.78, 5) is 0. The maximum atomic E-state index is 9.77. The van der Waals surface area contributed by atoms with Crippen LogP contribution < -0.4 is 0 Å². The molecule has 0 bridgehead atoms. The number of rotatable bonds is 3. The molecule has 1 saturated carbocycles. The maximum absolute atomic E-state index is 9.77. The van der Waals surface area contributed by atoms with Crippen molar-refractivity contribution in [3.05, 3.63) is 35.9 Å². The number of benzene rings is 1. The standard InChI is InChI=1S/C13H18O6/c14-8-9(15)11(17)13(12(18)10(8)16)19-6-7-4-2-1-3-5-7/h1-5,8-18H,6H2. The number of ether oxygens (including phenoxy) is 1. The molecule has 6 nitrogen and oxygen atoms in total. The number of aliphatic hydroxyl groups excluding tert-OH is 5. The second kappa shape index (κ2) is 5.96. The largest absolute Gasteiger partial charge is 0.387 e. The van der Waals surface area contributed by atoms with E-state index in [1.807, 2.05) is 30.3 Å². The first kappa shape index (κ1) is 14.4. The highest BCUT2D eigenvalue weighted by Gasteiger charge is 2.48. The van der Waals surface area contributed by atoms with Gasteiger partial charge >= 0.3 is 0 Å².